The maximum absolute atomic E-state index is 12.0. The van der Waals surface area contributed by atoms with E-state index in [0.29, 0.717) is 19.6 Å². The molecule has 0 aromatic rings. The Balaban J connectivity index is 3.87. The molecule has 1 unspecified atom stereocenters. The summed E-state index contributed by atoms with van der Waals surface area (Å²) in [4.78, 5) is 23.4. The molecule has 0 aliphatic heterocycles. The Labute approximate surface area is 135 Å². The summed E-state index contributed by atoms with van der Waals surface area (Å²) in [5.41, 5.74) is 0. The van der Waals surface area contributed by atoms with E-state index in [0.717, 1.165) is 57.8 Å². The minimum Gasteiger partial charge on any atom is -0.466 e. The van der Waals surface area contributed by atoms with Crippen LogP contribution in [0.15, 0.2) is 0 Å². The van der Waals surface area contributed by atoms with Crippen molar-refractivity contribution in [2.45, 2.75) is 85.0 Å². The van der Waals surface area contributed by atoms with Gasteiger partial charge in [-0.3, -0.25) is 9.59 Å². The molecule has 0 amide bonds. The fourth-order valence-corrected chi connectivity index (χ4v) is 2.28. The number of carbonyl (C=O) groups excluding carboxylic acids is 2. The number of ether oxygens (including phenoxy) is 2. The van der Waals surface area contributed by atoms with E-state index >= 15 is 0 Å². The van der Waals surface area contributed by atoms with Crippen LogP contribution in [0.3, 0.4) is 0 Å². The summed E-state index contributed by atoms with van der Waals surface area (Å²) >= 11 is 0. The van der Waals surface area contributed by atoms with E-state index in [-0.39, 0.29) is 17.9 Å². The maximum Gasteiger partial charge on any atom is 0.308 e. The van der Waals surface area contributed by atoms with Gasteiger partial charge in [0.15, 0.2) is 0 Å². The van der Waals surface area contributed by atoms with E-state index in [1.165, 1.54) is 0 Å². The Morgan fingerprint density at radius 2 is 1.41 bits per heavy atom. The van der Waals surface area contributed by atoms with E-state index in [4.69, 9.17) is 9.47 Å². The van der Waals surface area contributed by atoms with E-state index in [1.807, 2.05) is 13.8 Å². The lowest BCUT2D eigenvalue weighted by Gasteiger charge is -2.15. The molecule has 0 aromatic carbocycles. The predicted octanol–water partition coefficient (Wildman–Crippen LogP) is 4.65. The van der Waals surface area contributed by atoms with Crippen molar-refractivity contribution in [3.8, 4) is 0 Å². The van der Waals surface area contributed by atoms with Gasteiger partial charge in [0.05, 0.1) is 19.1 Å². The van der Waals surface area contributed by atoms with Gasteiger partial charge in [-0.25, -0.2) is 0 Å². The van der Waals surface area contributed by atoms with Crippen LogP contribution in [0.4, 0.5) is 0 Å². The van der Waals surface area contributed by atoms with Gasteiger partial charge in [0.1, 0.15) is 0 Å². The molecule has 4 heteroatoms. The highest BCUT2D eigenvalue weighted by atomic mass is 16.5. The molecule has 4 nitrogen and oxygen atoms in total. The second-order valence-electron chi connectivity index (χ2n) is 5.83. The molecule has 0 aliphatic rings. The van der Waals surface area contributed by atoms with Gasteiger partial charge in [0.2, 0.25) is 0 Å². The fourth-order valence-electron chi connectivity index (χ4n) is 2.28. The molecule has 0 aliphatic carbocycles. The molecule has 1 atom stereocenters. The van der Waals surface area contributed by atoms with Crippen LogP contribution in [0.1, 0.15) is 85.0 Å². The molecule has 0 aromatic heterocycles. The number of rotatable bonds is 14. The zero-order chi connectivity index (χ0) is 16.6. The molecular formula is C18H34O4. The zero-order valence-corrected chi connectivity index (χ0v) is 14.7. The van der Waals surface area contributed by atoms with Gasteiger partial charge in [0.25, 0.3) is 0 Å². The van der Waals surface area contributed by atoms with Crippen molar-refractivity contribution in [1.29, 1.82) is 0 Å². The van der Waals surface area contributed by atoms with Gasteiger partial charge in [0, 0.05) is 6.42 Å². The van der Waals surface area contributed by atoms with E-state index in [1.54, 1.807) is 0 Å². The quantitative estimate of drug-likeness (QED) is 0.346. The Hall–Kier alpha value is -1.06. The highest BCUT2D eigenvalue weighted by Crippen LogP contribution is 2.19. The number of unbranched alkanes of at least 4 members (excludes halogenated alkanes) is 3. The first-order chi connectivity index (χ1) is 10.7. The van der Waals surface area contributed by atoms with Crippen molar-refractivity contribution in [2.75, 3.05) is 13.2 Å². The van der Waals surface area contributed by atoms with E-state index in [9.17, 15) is 9.59 Å². The molecular weight excluding hydrogens is 280 g/mol. The molecule has 0 N–H and O–H groups in total. The predicted molar refractivity (Wildman–Crippen MR) is 88.6 cm³/mol. The zero-order valence-electron chi connectivity index (χ0n) is 14.7. The number of carbonyl (C=O) groups is 2. The Morgan fingerprint density at radius 3 is 2.05 bits per heavy atom. The van der Waals surface area contributed by atoms with Crippen LogP contribution in [0.5, 0.6) is 0 Å². The minimum absolute atomic E-state index is 0.0264. The number of hydrogen-bond acceptors (Lipinski definition) is 4. The van der Waals surface area contributed by atoms with Crippen LogP contribution >= 0.6 is 0 Å². The molecule has 0 spiro atoms. The van der Waals surface area contributed by atoms with Crippen molar-refractivity contribution in [1.82, 2.24) is 0 Å². The normalized spacial score (nSPS) is 12.0. The third-order valence-corrected chi connectivity index (χ3v) is 3.59. The van der Waals surface area contributed by atoms with Gasteiger partial charge in [-0.2, -0.15) is 0 Å². The van der Waals surface area contributed by atoms with Crippen LogP contribution < -0.4 is 0 Å². The number of esters is 2. The van der Waals surface area contributed by atoms with Crippen molar-refractivity contribution in [3.05, 3.63) is 0 Å². The topological polar surface area (TPSA) is 52.6 Å². The lowest BCUT2D eigenvalue weighted by molar-refractivity contribution is -0.149. The Morgan fingerprint density at radius 1 is 0.773 bits per heavy atom. The van der Waals surface area contributed by atoms with Crippen molar-refractivity contribution >= 4 is 11.9 Å². The van der Waals surface area contributed by atoms with Gasteiger partial charge in [-0.05, 0) is 32.1 Å². The summed E-state index contributed by atoms with van der Waals surface area (Å²) in [6.07, 6.45) is 8.94. The van der Waals surface area contributed by atoms with Gasteiger partial charge in [-0.1, -0.05) is 46.5 Å². The summed E-state index contributed by atoms with van der Waals surface area (Å²) in [6.45, 7) is 7.16. The third kappa shape index (κ3) is 11.6. The Kier molecular flexibility index (Phi) is 14.1. The molecule has 130 valence electrons. The highest BCUT2D eigenvalue weighted by molar-refractivity contribution is 5.72. The molecule has 0 bridgehead atoms. The van der Waals surface area contributed by atoms with E-state index < -0.39 is 0 Å². The maximum atomic E-state index is 12.0. The summed E-state index contributed by atoms with van der Waals surface area (Å²) in [5.74, 6) is -0.122. The summed E-state index contributed by atoms with van der Waals surface area (Å²) < 4.78 is 10.3. The van der Waals surface area contributed by atoms with Gasteiger partial charge in [-0.15, -0.1) is 0 Å². The van der Waals surface area contributed by atoms with E-state index in [2.05, 4.69) is 6.92 Å². The lowest BCUT2D eigenvalue weighted by Crippen LogP contribution is -2.18. The summed E-state index contributed by atoms with van der Waals surface area (Å²) in [6, 6.07) is 0. The molecule has 0 fully saturated rings. The van der Waals surface area contributed by atoms with Crippen molar-refractivity contribution in [2.24, 2.45) is 5.92 Å². The SMILES string of the molecule is CCCCC(CCCCCC(=O)OCCC)C(=O)OCCC. The third-order valence-electron chi connectivity index (χ3n) is 3.59. The second-order valence-corrected chi connectivity index (χ2v) is 5.83. The van der Waals surface area contributed by atoms with Crippen molar-refractivity contribution < 1.29 is 19.1 Å². The standard InChI is InChI=1S/C18H34O4/c1-4-7-11-16(18(20)22-15-6-3)12-9-8-10-13-17(19)21-14-5-2/h16H,4-15H2,1-3H3. The van der Waals surface area contributed by atoms with Gasteiger partial charge < -0.3 is 9.47 Å². The fraction of sp³-hybridized carbons (Fsp3) is 0.889. The van der Waals surface area contributed by atoms with Gasteiger partial charge >= 0.3 is 11.9 Å². The second kappa shape index (κ2) is 14.9. The van der Waals surface area contributed by atoms with Crippen LogP contribution in [0, 0.1) is 5.92 Å². The molecule has 0 heterocycles. The molecule has 0 saturated heterocycles. The van der Waals surface area contributed by atoms with Crippen LogP contribution in [0.2, 0.25) is 0 Å². The first kappa shape index (κ1) is 20.9. The average molecular weight is 314 g/mol. The minimum atomic E-state index is -0.105. The highest BCUT2D eigenvalue weighted by Gasteiger charge is 2.18. The summed E-state index contributed by atoms with van der Waals surface area (Å²) in [7, 11) is 0. The molecule has 22 heavy (non-hydrogen) atoms. The van der Waals surface area contributed by atoms with Crippen LogP contribution in [0.25, 0.3) is 0 Å². The lowest BCUT2D eigenvalue weighted by atomic mass is 9.95. The molecule has 0 rings (SSSR count). The summed E-state index contributed by atoms with van der Waals surface area (Å²) in [5, 5.41) is 0. The van der Waals surface area contributed by atoms with Crippen LogP contribution in [-0.4, -0.2) is 25.2 Å². The molecule has 0 saturated carbocycles. The average Bonchev–Trinajstić information content (AvgIpc) is 2.53. The smallest absolute Gasteiger partial charge is 0.308 e. The van der Waals surface area contributed by atoms with Crippen molar-refractivity contribution in [3.63, 3.8) is 0 Å². The first-order valence-electron chi connectivity index (χ1n) is 8.97. The molecule has 0 radical (unpaired) electrons. The largest absolute Gasteiger partial charge is 0.466 e. The monoisotopic (exact) mass is 314 g/mol. The Bertz CT molecular complexity index is 289. The first-order valence-corrected chi connectivity index (χ1v) is 8.97. The number of hydrogen-bond donors (Lipinski definition) is 0. The van der Waals surface area contributed by atoms with Crippen LogP contribution in [-0.2, 0) is 19.1 Å².